The molecule has 0 unspecified atom stereocenters. The average Bonchev–Trinajstić information content (AvgIpc) is 3.36. The highest BCUT2D eigenvalue weighted by atomic mass is 16.5. The van der Waals surface area contributed by atoms with Crippen LogP contribution in [0.15, 0.2) is 48.9 Å². The molecule has 3 aromatic heterocycles. The molecule has 0 spiro atoms. The summed E-state index contributed by atoms with van der Waals surface area (Å²) >= 11 is 0. The van der Waals surface area contributed by atoms with Gasteiger partial charge in [-0.25, -0.2) is 4.79 Å². The van der Waals surface area contributed by atoms with Crippen molar-refractivity contribution < 1.29 is 19.4 Å². The molecule has 4 heterocycles. The van der Waals surface area contributed by atoms with Crippen molar-refractivity contribution in [1.82, 2.24) is 25.2 Å². The molecule has 4 aromatic rings. The van der Waals surface area contributed by atoms with Crippen LogP contribution in [0, 0.1) is 0 Å². The van der Waals surface area contributed by atoms with Gasteiger partial charge in [0.2, 0.25) is 0 Å². The molecular weight excluding hydrogens is 374 g/mol. The van der Waals surface area contributed by atoms with Crippen LogP contribution >= 0.6 is 0 Å². The molecule has 0 radical (unpaired) electrons. The molecule has 1 aliphatic rings. The van der Waals surface area contributed by atoms with Gasteiger partial charge in [-0.2, -0.15) is 0 Å². The predicted octanol–water partition coefficient (Wildman–Crippen LogP) is 1.97. The molecule has 4 N–H and O–H groups in total. The van der Waals surface area contributed by atoms with Crippen LogP contribution < -0.4 is 15.4 Å². The first-order valence-corrected chi connectivity index (χ1v) is 8.93. The van der Waals surface area contributed by atoms with Gasteiger partial charge in [-0.05, 0) is 30.3 Å². The molecule has 1 aliphatic heterocycles. The number of ether oxygens (including phenoxy) is 1. The van der Waals surface area contributed by atoms with E-state index in [9.17, 15) is 14.7 Å². The zero-order chi connectivity index (χ0) is 20.2. The average molecular weight is 391 g/mol. The molecule has 1 fully saturated rings. The predicted molar refractivity (Wildman–Crippen MR) is 105 cm³/mol. The van der Waals surface area contributed by atoms with E-state index in [-0.39, 0.29) is 12.4 Å². The minimum atomic E-state index is -1.41. The quantitative estimate of drug-likeness (QED) is 0.396. The van der Waals surface area contributed by atoms with Gasteiger partial charge >= 0.3 is 6.03 Å². The van der Waals surface area contributed by atoms with E-state index < -0.39 is 17.5 Å². The van der Waals surface area contributed by atoms with E-state index >= 15 is 0 Å². The first kappa shape index (κ1) is 17.1. The maximum atomic E-state index is 12.9. The monoisotopic (exact) mass is 391 g/mol. The molecule has 29 heavy (non-hydrogen) atoms. The third kappa shape index (κ3) is 2.51. The molecule has 0 saturated carbocycles. The third-order valence-corrected chi connectivity index (χ3v) is 5.30. The fourth-order valence-corrected chi connectivity index (χ4v) is 3.81. The Morgan fingerprint density at radius 2 is 2.07 bits per heavy atom. The number of aromatic hydroxyl groups is 1. The van der Waals surface area contributed by atoms with Gasteiger partial charge < -0.3 is 24.7 Å². The van der Waals surface area contributed by atoms with Crippen molar-refractivity contribution >= 4 is 33.6 Å². The van der Waals surface area contributed by atoms with Gasteiger partial charge in [-0.3, -0.25) is 15.1 Å². The van der Waals surface area contributed by atoms with Gasteiger partial charge in [0.1, 0.15) is 5.75 Å². The summed E-state index contributed by atoms with van der Waals surface area (Å²) in [7, 11) is 1.55. The molecule has 5 rings (SSSR count). The molecular formula is C20H17N5O4. The lowest BCUT2D eigenvalue weighted by molar-refractivity contribution is -0.124. The van der Waals surface area contributed by atoms with E-state index in [1.807, 2.05) is 6.07 Å². The van der Waals surface area contributed by atoms with Gasteiger partial charge in [0.05, 0.1) is 19.3 Å². The van der Waals surface area contributed by atoms with Gasteiger partial charge in [0.25, 0.3) is 5.91 Å². The van der Waals surface area contributed by atoms with E-state index in [0.29, 0.717) is 16.8 Å². The fourth-order valence-electron chi connectivity index (χ4n) is 3.81. The summed E-state index contributed by atoms with van der Waals surface area (Å²) < 4.78 is 6.76. The Bertz CT molecular complexity index is 1260. The number of hydrogen-bond donors (Lipinski definition) is 4. The molecule has 9 nitrogen and oxygen atoms in total. The number of fused-ring (bicyclic) bond motifs is 2. The highest BCUT2D eigenvalue weighted by Gasteiger charge is 2.49. The number of carbonyl (C=O) groups excluding carboxylic acids is 2. The van der Waals surface area contributed by atoms with Crippen molar-refractivity contribution in [2.75, 3.05) is 7.11 Å². The number of urea groups is 1. The standard InChI is InChI=1S/C20H17N5O4/c1-29-13-3-2-11-9-25(17(26)14(11)7-13)10-20(18(27)23-19(28)24-20)16-6-12-8-21-5-4-15(12)22-16/h2-9,22,26H,10H2,1H3,(H2,23,24,27,28)/t20-/m0/s1. The van der Waals surface area contributed by atoms with Crippen LogP contribution in [0.4, 0.5) is 4.79 Å². The maximum Gasteiger partial charge on any atom is 0.322 e. The van der Waals surface area contributed by atoms with Crippen molar-refractivity contribution in [2.45, 2.75) is 12.1 Å². The number of rotatable bonds is 4. The Labute approximate surface area is 164 Å². The number of hydrogen-bond acceptors (Lipinski definition) is 5. The second-order valence-electron chi connectivity index (χ2n) is 6.99. The molecule has 9 heteroatoms. The van der Waals surface area contributed by atoms with Crippen LogP contribution in [0.5, 0.6) is 11.6 Å². The van der Waals surface area contributed by atoms with E-state index in [1.165, 1.54) is 0 Å². The van der Waals surface area contributed by atoms with Crippen LogP contribution in [0.2, 0.25) is 0 Å². The Morgan fingerprint density at radius 1 is 1.21 bits per heavy atom. The summed E-state index contributed by atoms with van der Waals surface area (Å²) in [6.07, 6.45) is 5.04. The number of nitrogens with one attached hydrogen (secondary N) is 3. The van der Waals surface area contributed by atoms with Crippen LogP contribution in [0.3, 0.4) is 0 Å². The second-order valence-corrected chi connectivity index (χ2v) is 6.99. The minimum Gasteiger partial charge on any atom is -0.497 e. The normalized spacial score (nSPS) is 18.9. The minimum absolute atomic E-state index is 0.00630. The van der Waals surface area contributed by atoms with Gasteiger partial charge in [-0.15, -0.1) is 0 Å². The summed E-state index contributed by atoms with van der Waals surface area (Å²) in [4.78, 5) is 32.2. The first-order chi connectivity index (χ1) is 14.0. The van der Waals surface area contributed by atoms with Crippen LogP contribution in [-0.4, -0.2) is 38.7 Å². The molecule has 3 amide bonds. The number of aromatic amines is 1. The summed E-state index contributed by atoms with van der Waals surface area (Å²) in [6, 6.07) is 8.29. The van der Waals surface area contributed by atoms with Gasteiger partial charge in [0.15, 0.2) is 11.4 Å². The van der Waals surface area contributed by atoms with Gasteiger partial charge in [0, 0.05) is 40.3 Å². The third-order valence-electron chi connectivity index (χ3n) is 5.30. The lowest BCUT2D eigenvalue weighted by Gasteiger charge is -2.25. The van der Waals surface area contributed by atoms with Crippen molar-refractivity contribution in [3.05, 3.63) is 54.6 Å². The SMILES string of the molecule is COc1ccc2cn(C[C@@]3(c4cc5cnccc5[nH]4)NC(=O)NC3=O)c(O)c2c1. The van der Waals surface area contributed by atoms with Crippen molar-refractivity contribution in [3.8, 4) is 11.6 Å². The van der Waals surface area contributed by atoms with E-state index in [4.69, 9.17) is 4.74 Å². The first-order valence-electron chi connectivity index (χ1n) is 8.93. The largest absolute Gasteiger partial charge is 0.497 e. The molecule has 146 valence electrons. The van der Waals surface area contributed by atoms with Crippen molar-refractivity contribution in [3.63, 3.8) is 0 Å². The van der Waals surface area contributed by atoms with Crippen LogP contribution in [-0.2, 0) is 16.9 Å². The van der Waals surface area contributed by atoms with Crippen molar-refractivity contribution in [2.24, 2.45) is 0 Å². The van der Waals surface area contributed by atoms with Crippen LogP contribution in [0.1, 0.15) is 5.69 Å². The fraction of sp³-hybridized carbons (Fsp3) is 0.150. The summed E-state index contributed by atoms with van der Waals surface area (Å²) in [5.74, 6) is 0.0806. The Balaban J connectivity index is 1.65. The number of benzene rings is 1. The highest BCUT2D eigenvalue weighted by Crippen LogP contribution is 2.35. The lowest BCUT2D eigenvalue weighted by Crippen LogP contribution is -2.47. The zero-order valence-corrected chi connectivity index (χ0v) is 15.4. The number of nitrogens with zero attached hydrogens (tertiary/aromatic N) is 2. The Kier molecular flexibility index (Phi) is 3.54. The number of H-pyrrole nitrogens is 1. The van der Waals surface area contributed by atoms with Gasteiger partial charge in [-0.1, -0.05) is 0 Å². The lowest BCUT2D eigenvalue weighted by atomic mass is 9.95. The zero-order valence-electron chi connectivity index (χ0n) is 15.4. The van der Waals surface area contributed by atoms with E-state index in [1.54, 1.807) is 54.5 Å². The van der Waals surface area contributed by atoms with E-state index in [0.717, 1.165) is 16.3 Å². The number of carbonyl (C=O) groups is 2. The van der Waals surface area contributed by atoms with E-state index in [2.05, 4.69) is 20.6 Å². The molecule has 1 saturated heterocycles. The summed E-state index contributed by atoms with van der Waals surface area (Å²) in [5, 5.41) is 18.0. The molecule has 1 aromatic carbocycles. The Hall–Kier alpha value is -4.01. The summed E-state index contributed by atoms with van der Waals surface area (Å²) in [6.45, 7) is -0.00630. The van der Waals surface area contributed by atoms with Crippen LogP contribution in [0.25, 0.3) is 21.7 Å². The Morgan fingerprint density at radius 3 is 2.79 bits per heavy atom. The van der Waals surface area contributed by atoms with Crippen molar-refractivity contribution in [1.29, 1.82) is 0 Å². The number of aromatic nitrogens is 3. The number of imide groups is 1. The highest BCUT2D eigenvalue weighted by molar-refractivity contribution is 6.07. The topological polar surface area (TPSA) is 121 Å². The molecule has 0 bridgehead atoms. The second kappa shape index (κ2) is 5.99. The summed E-state index contributed by atoms with van der Waals surface area (Å²) in [5.41, 5.74) is -0.124. The smallest absolute Gasteiger partial charge is 0.322 e. The molecule has 0 aliphatic carbocycles. The number of amides is 3. The molecule has 1 atom stereocenters. The number of pyridine rings is 1. The number of methoxy groups -OCH3 is 1. The maximum absolute atomic E-state index is 12.9.